The molecule has 12 heavy (non-hydrogen) atoms. The summed E-state index contributed by atoms with van der Waals surface area (Å²) in [7, 11) is 2.01. The van der Waals surface area contributed by atoms with Crippen LogP contribution >= 0.6 is 11.6 Å². The van der Waals surface area contributed by atoms with Crippen LogP contribution in [-0.2, 0) is 0 Å². The molecule has 0 atom stereocenters. The molecular formula is C9H9ClNO. The molecule has 1 radical (unpaired) electrons. The van der Waals surface area contributed by atoms with Crippen molar-refractivity contribution >= 4 is 17.3 Å². The van der Waals surface area contributed by atoms with Gasteiger partial charge >= 0.3 is 0 Å². The summed E-state index contributed by atoms with van der Waals surface area (Å²) in [6.45, 7) is 1.61. The Labute approximate surface area is 76.7 Å². The lowest BCUT2D eigenvalue weighted by molar-refractivity contribution is 0.311. The SMILES string of the molecule is CN1CCOc2c[c]cc(Cl)c21. The Morgan fingerprint density at radius 2 is 2.42 bits per heavy atom. The highest BCUT2D eigenvalue weighted by Gasteiger charge is 2.16. The van der Waals surface area contributed by atoms with Crippen LogP contribution in [0.4, 0.5) is 5.69 Å². The Morgan fingerprint density at radius 1 is 1.58 bits per heavy atom. The van der Waals surface area contributed by atoms with Gasteiger partial charge in [0.1, 0.15) is 12.4 Å². The number of halogens is 1. The monoisotopic (exact) mass is 182 g/mol. The van der Waals surface area contributed by atoms with Crippen LogP contribution in [0, 0.1) is 6.07 Å². The largest absolute Gasteiger partial charge is 0.489 e. The molecule has 1 aromatic carbocycles. The van der Waals surface area contributed by atoms with Gasteiger partial charge in [-0.1, -0.05) is 11.6 Å². The van der Waals surface area contributed by atoms with Crippen LogP contribution < -0.4 is 9.64 Å². The van der Waals surface area contributed by atoms with Crippen molar-refractivity contribution in [1.29, 1.82) is 0 Å². The summed E-state index contributed by atoms with van der Waals surface area (Å²) in [5.74, 6) is 0.830. The normalized spacial score (nSPS) is 15.3. The van der Waals surface area contributed by atoms with Gasteiger partial charge in [-0.05, 0) is 18.2 Å². The van der Waals surface area contributed by atoms with Crippen molar-refractivity contribution in [2.75, 3.05) is 25.1 Å². The van der Waals surface area contributed by atoms with Gasteiger partial charge < -0.3 is 9.64 Å². The molecule has 63 valence electrons. The molecule has 1 aromatic rings. The van der Waals surface area contributed by atoms with E-state index in [-0.39, 0.29) is 0 Å². The minimum absolute atomic E-state index is 0.703. The summed E-state index contributed by atoms with van der Waals surface area (Å²) >= 11 is 5.98. The third kappa shape index (κ3) is 1.12. The average molecular weight is 183 g/mol. The van der Waals surface area contributed by atoms with Crippen molar-refractivity contribution in [1.82, 2.24) is 0 Å². The molecular weight excluding hydrogens is 174 g/mol. The molecule has 0 saturated carbocycles. The van der Waals surface area contributed by atoms with Crippen LogP contribution in [0.5, 0.6) is 5.75 Å². The second-order valence-corrected chi connectivity index (χ2v) is 3.19. The van der Waals surface area contributed by atoms with Gasteiger partial charge in [0.15, 0.2) is 0 Å². The maximum Gasteiger partial charge on any atom is 0.144 e. The Morgan fingerprint density at radius 3 is 3.17 bits per heavy atom. The first-order valence-electron chi connectivity index (χ1n) is 3.82. The van der Waals surface area contributed by atoms with E-state index < -0.39 is 0 Å². The summed E-state index contributed by atoms with van der Waals surface area (Å²) in [6.07, 6.45) is 0. The van der Waals surface area contributed by atoms with Crippen molar-refractivity contribution in [3.05, 3.63) is 23.2 Å². The minimum atomic E-state index is 0.703. The molecule has 1 aliphatic rings. The molecule has 0 bridgehead atoms. The zero-order chi connectivity index (χ0) is 8.55. The molecule has 0 unspecified atom stereocenters. The molecule has 0 aliphatic carbocycles. The third-order valence-electron chi connectivity index (χ3n) is 1.95. The maximum atomic E-state index is 5.98. The number of hydrogen-bond acceptors (Lipinski definition) is 2. The van der Waals surface area contributed by atoms with Gasteiger partial charge in [-0.25, -0.2) is 0 Å². The molecule has 0 N–H and O–H groups in total. The molecule has 1 heterocycles. The number of nitrogens with zero attached hydrogens (tertiary/aromatic N) is 1. The van der Waals surface area contributed by atoms with Crippen molar-refractivity contribution in [3.63, 3.8) is 0 Å². The molecule has 0 saturated heterocycles. The second kappa shape index (κ2) is 2.87. The predicted octanol–water partition coefficient (Wildman–Crippen LogP) is 1.97. The zero-order valence-electron chi connectivity index (χ0n) is 6.80. The van der Waals surface area contributed by atoms with Crippen molar-refractivity contribution in [2.45, 2.75) is 0 Å². The van der Waals surface area contributed by atoms with Gasteiger partial charge in [-0.3, -0.25) is 0 Å². The van der Waals surface area contributed by atoms with Crippen LogP contribution in [0.1, 0.15) is 0 Å². The van der Waals surface area contributed by atoms with Gasteiger partial charge in [0, 0.05) is 7.05 Å². The Balaban J connectivity index is 2.53. The van der Waals surface area contributed by atoms with Crippen molar-refractivity contribution in [2.24, 2.45) is 0 Å². The van der Waals surface area contributed by atoms with E-state index >= 15 is 0 Å². The van der Waals surface area contributed by atoms with Crippen LogP contribution in [0.3, 0.4) is 0 Å². The number of rotatable bonds is 0. The van der Waals surface area contributed by atoms with Crippen LogP contribution in [-0.4, -0.2) is 20.2 Å². The Hall–Kier alpha value is -0.890. The maximum absolute atomic E-state index is 5.98. The van der Waals surface area contributed by atoms with Crippen LogP contribution in [0.2, 0.25) is 5.02 Å². The summed E-state index contributed by atoms with van der Waals surface area (Å²) in [4.78, 5) is 2.09. The van der Waals surface area contributed by atoms with E-state index in [0.717, 1.165) is 24.6 Å². The number of fused-ring (bicyclic) bond motifs is 1. The van der Waals surface area contributed by atoms with E-state index in [0.29, 0.717) is 5.02 Å². The van der Waals surface area contributed by atoms with Crippen molar-refractivity contribution in [3.8, 4) is 5.75 Å². The lowest BCUT2D eigenvalue weighted by Crippen LogP contribution is -2.28. The van der Waals surface area contributed by atoms with E-state index in [1.54, 1.807) is 6.07 Å². The molecule has 0 aromatic heterocycles. The predicted molar refractivity (Wildman–Crippen MR) is 49.1 cm³/mol. The fraction of sp³-hybridized carbons (Fsp3) is 0.333. The van der Waals surface area contributed by atoms with E-state index in [1.807, 2.05) is 13.1 Å². The topological polar surface area (TPSA) is 12.5 Å². The lowest BCUT2D eigenvalue weighted by Gasteiger charge is -2.28. The van der Waals surface area contributed by atoms with Gasteiger partial charge in [0.05, 0.1) is 17.3 Å². The summed E-state index contributed by atoms with van der Waals surface area (Å²) in [5, 5.41) is 0.703. The first kappa shape index (κ1) is 7.74. The highest BCUT2D eigenvalue weighted by molar-refractivity contribution is 6.33. The minimum Gasteiger partial charge on any atom is -0.489 e. The lowest BCUT2D eigenvalue weighted by atomic mass is 10.2. The molecule has 3 heteroatoms. The van der Waals surface area contributed by atoms with Gasteiger partial charge in [-0.15, -0.1) is 0 Å². The molecule has 1 aliphatic heterocycles. The van der Waals surface area contributed by atoms with E-state index in [4.69, 9.17) is 16.3 Å². The fourth-order valence-electron chi connectivity index (χ4n) is 1.33. The zero-order valence-corrected chi connectivity index (χ0v) is 7.56. The standard InChI is InChI=1S/C9H9ClNO/c1-11-5-6-12-8-4-2-3-7(10)9(8)11/h3-4H,5-6H2,1H3. The first-order valence-corrected chi connectivity index (χ1v) is 4.20. The first-order chi connectivity index (χ1) is 5.79. The molecule has 0 amide bonds. The molecule has 2 nitrogen and oxygen atoms in total. The van der Waals surface area contributed by atoms with Crippen LogP contribution in [0.15, 0.2) is 12.1 Å². The highest BCUT2D eigenvalue weighted by atomic mass is 35.5. The number of hydrogen-bond donors (Lipinski definition) is 0. The molecule has 0 fully saturated rings. The Kier molecular flexibility index (Phi) is 1.85. The summed E-state index contributed by atoms with van der Waals surface area (Å²) in [5.41, 5.74) is 0.974. The van der Waals surface area contributed by atoms with Gasteiger partial charge in [-0.2, -0.15) is 0 Å². The van der Waals surface area contributed by atoms with Crippen molar-refractivity contribution < 1.29 is 4.74 Å². The second-order valence-electron chi connectivity index (χ2n) is 2.79. The summed E-state index contributed by atoms with van der Waals surface area (Å²) < 4.78 is 5.42. The molecule has 0 spiro atoms. The highest BCUT2D eigenvalue weighted by Crippen LogP contribution is 2.36. The third-order valence-corrected chi connectivity index (χ3v) is 2.24. The van der Waals surface area contributed by atoms with Gasteiger partial charge in [0.25, 0.3) is 0 Å². The summed E-state index contributed by atoms with van der Waals surface area (Å²) in [6, 6.07) is 6.50. The number of anilines is 1. The molecule has 2 rings (SSSR count). The number of benzene rings is 1. The Bertz CT molecular complexity index is 301. The van der Waals surface area contributed by atoms with E-state index in [2.05, 4.69) is 11.0 Å². The smallest absolute Gasteiger partial charge is 0.144 e. The van der Waals surface area contributed by atoms with E-state index in [1.165, 1.54) is 0 Å². The average Bonchev–Trinajstić information content (AvgIpc) is 2.04. The van der Waals surface area contributed by atoms with Crippen LogP contribution in [0.25, 0.3) is 0 Å². The van der Waals surface area contributed by atoms with E-state index in [9.17, 15) is 0 Å². The van der Waals surface area contributed by atoms with Gasteiger partial charge in [0.2, 0.25) is 0 Å². The number of ether oxygens (including phenoxy) is 1. The number of likely N-dealkylation sites (N-methyl/N-ethyl adjacent to an activating group) is 1. The fourth-order valence-corrected chi connectivity index (χ4v) is 1.63. The quantitative estimate of drug-likeness (QED) is 0.608.